The van der Waals surface area contributed by atoms with Gasteiger partial charge in [0.1, 0.15) is 6.10 Å². The molecule has 1 aliphatic rings. The molecule has 1 nitrogen and oxygen atoms in total. The number of rotatable bonds is 2. The van der Waals surface area contributed by atoms with E-state index in [0.717, 1.165) is 30.4 Å². The number of hydrogen-bond acceptors (Lipinski definition) is 1. The van der Waals surface area contributed by atoms with E-state index in [1.807, 2.05) is 24.3 Å². The second-order valence-electron chi connectivity index (χ2n) is 3.60. The first-order chi connectivity index (χ1) is 6.79. The van der Waals surface area contributed by atoms with E-state index in [0.29, 0.717) is 5.02 Å². The van der Waals surface area contributed by atoms with Gasteiger partial charge in [0.25, 0.3) is 0 Å². The van der Waals surface area contributed by atoms with Crippen LogP contribution in [0.4, 0.5) is 0 Å². The van der Waals surface area contributed by atoms with Gasteiger partial charge < -0.3 is 5.11 Å². The van der Waals surface area contributed by atoms with Gasteiger partial charge in [0.05, 0.1) is 0 Å². The second kappa shape index (κ2) is 4.16. The molecule has 0 aromatic heterocycles. The molecule has 0 saturated heterocycles. The molecule has 2 heteroatoms. The lowest BCUT2D eigenvalue weighted by Gasteiger charge is -2.13. The third-order valence-corrected chi connectivity index (χ3v) is 2.97. The van der Waals surface area contributed by atoms with E-state index in [1.54, 1.807) is 0 Å². The summed E-state index contributed by atoms with van der Waals surface area (Å²) in [5.74, 6) is 0. The molecule has 1 aromatic carbocycles. The van der Waals surface area contributed by atoms with Gasteiger partial charge in [-0.25, -0.2) is 0 Å². The summed E-state index contributed by atoms with van der Waals surface area (Å²) in [6, 6.07) is 7.48. The first-order valence-electron chi connectivity index (χ1n) is 4.90. The number of allylic oxidation sites excluding steroid dienone is 1. The molecule has 0 heterocycles. The number of aliphatic hydroxyl groups is 1. The van der Waals surface area contributed by atoms with Crippen LogP contribution in [-0.2, 0) is 0 Å². The van der Waals surface area contributed by atoms with Crippen molar-refractivity contribution in [2.24, 2.45) is 0 Å². The number of hydrogen-bond donors (Lipinski definition) is 1. The third kappa shape index (κ3) is 1.84. The molecule has 1 N–H and O–H groups in total. The minimum absolute atomic E-state index is 0.508. The molecular weight excluding hydrogens is 196 g/mol. The fourth-order valence-electron chi connectivity index (χ4n) is 1.84. The predicted octanol–water partition coefficient (Wildman–Crippen LogP) is 3.48. The minimum Gasteiger partial charge on any atom is -0.384 e. The third-order valence-electron chi connectivity index (χ3n) is 2.63. The first-order valence-corrected chi connectivity index (χ1v) is 5.28. The Morgan fingerprint density at radius 3 is 2.71 bits per heavy atom. The Hall–Kier alpha value is -0.790. The standard InChI is InChI=1S/C12H13ClO/c13-11-8-4-3-7-10(11)12(14)9-5-1-2-6-9/h3-5,7-8,12,14H,1-2,6H2. The molecule has 0 spiro atoms. The number of aliphatic hydroxyl groups excluding tert-OH is 1. The lowest BCUT2D eigenvalue weighted by Crippen LogP contribution is -2.00. The van der Waals surface area contributed by atoms with Gasteiger partial charge in [-0.1, -0.05) is 35.9 Å². The Morgan fingerprint density at radius 2 is 2.07 bits per heavy atom. The van der Waals surface area contributed by atoms with Gasteiger partial charge in [-0.15, -0.1) is 0 Å². The molecule has 0 radical (unpaired) electrons. The van der Waals surface area contributed by atoms with Crippen LogP contribution < -0.4 is 0 Å². The number of halogens is 1. The summed E-state index contributed by atoms with van der Waals surface area (Å²) >= 11 is 6.01. The maximum atomic E-state index is 10.0. The molecule has 74 valence electrons. The molecule has 0 bridgehead atoms. The van der Waals surface area contributed by atoms with Crippen molar-refractivity contribution >= 4 is 11.6 Å². The van der Waals surface area contributed by atoms with Crippen LogP contribution in [0, 0.1) is 0 Å². The summed E-state index contributed by atoms with van der Waals surface area (Å²) in [5.41, 5.74) is 1.93. The Morgan fingerprint density at radius 1 is 1.29 bits per heavy atom. The van der Waals surface area contributed by atoms with Crippen molar-refractivity contribution in [3.05, 3.63) is 46.5 Å². The average molecular weight is 209 g/mol. The monoisotopic (exact) mass is 208 g/mol. The molecule has 1 aromatic rings. The lowest BCUT2D eigenvalue weighted by atomic mass is 10.0. The molecule has 0 aliphatic heterocycles. The highest BCUT2D eigenvalue weighted by Gasteiger charge is 2.17. The maximum absolute atomic E-state index is 10.0. The largest absolute Gasteiger partial charge is 0.384 e. The lowest BCUT2D eigenvalue weighted by molar-refractivity contribution is 0.213. The van der Waals surface area contributed by atoms with E-state index in [9.17, 15) is 5.11 Å². The van der Waals surface area contributed by atoms with Crippen molar-refractivity contribution < 1.29 is 5.11 Å². The van der Waals surface area contributed by atoms with Crippen molar-refractivity contribution in [3.63, 3.8) is 0 Å². The van der Waals surface area contributed by atoms with Crippen LogP contribution in [0.1, 0.15) is 30.9 Å². The Labute approximate surface area is 89.0 Å². The molecule has 2 rings (SSSR count). The fraction of sp³-hybridized carbons (Fsp3) is 0.333. The van der Waals surface area contributed by atoms with Gasteiger partial charge in [-0.3, -0.25) is 0 Å². The molecule has 0 fully saturated rings. The molecule has 0 saturated carbocycles. The topological polar surface area (TPSA) is 20.2 Å². The molecule has 14 heavy (non-hydrogen) atoms. The summed E-state index contributed by atoms with van der Waals surface area (Å²) in [4.78, 5) is 0. The van der Waals surface area contributed by atoms with Crippen molar-refractivity contribution in [1.82, 2.24) is 0 Å². The van der Waals surface area contributed by atoms with Gasteiger partial charge in [-0.2, -0.15) is 0 Å². The molecule has 1 aliphatic carbocycles. The normalized spacial score (nSPS) is 18.0. The van der Waals surface area contributed by atoms with Crippen LogP contribution in [0.15, 0.2) is 35.9 Å². The quantitative estimate of drug-likeness (QED) is 0.738. The molecule has 1 unspecified atom stereocenters. The van der Waals surface area contributed by atoms with Crippen molar-refractivity contribution in [3.8, 4) is 0 Å². The molecule has 0 amide bonds. The minimum atomic E-state index is -0.508. The summed E-state index contributed by atoms with van der Waals surface area (Å²) in [7, 11) is 0. The Kier molecular flexibility index (Phi) is 2.90. The summed E-state index contributed by atoms with van der Waals surface area (Å²) in [6.45, 7) is 0. The van der Waals surface area contributed by atoms with Crippen molar-refractivity contribution in [2.75, 3.05) is 0 Å². The SMILES string of the molecule is OC(C1=CCCC1)c1ccccc1Cl. The maximum Gasteiger partial charge on any atom is 0.101 e. The smallest absolute Gasteiger partial charge is 0.101 e. The van der Waals surface area contributed by atoms with Crippen molar-refractivity contribution in [1.29, 1.82) is 0 Å². The number of benzene rings is 1. The fourth-order valence-corrected chi connectivity index (χ4v) is 2.08. The van der Waals surface area contributed by atoms with Gasteiger partial charge in [-0.05, 0) is 30.9 Å². The highest BCUT2D eigenvalue weighted by Crippen LogP contribution is 2.33. The van der Waals surface area contributed by atoms with E-state index in [-0.39, 0.29) is 0 Å². The zero-order valence-corrected chi connectivity index (χ0v) is 8.67. The van der Waals surface area contributed by atoms with Gasteiger partial charge in [0.2, 0.25) is 0 Å². The van der Waals surface area contributed by atoms with Crippen LogP contribution >= 0.6 is 11.6 Å². The van der Waals surface area contributed by atoms with Gasteiger partial charge in [0, 0.05) is 10.6 Å². The zero-order chi connectivity index (χ0) is 9.97. The Balaban J connectivity index is 2.26. The van der Waals surface area contributed by atoms with Crippen LogP contribution in [0.2, 0.25) is 5.02 Å². The van der Waals surface area contributed by atoms with Crippen molar-refractivity contribution in [2.45, 2.75) is 25.4 Å². The highest BCUT2D eigenvalue weighted by atomic mass is 35.5. The molecule has 1 atom stereocenters. The van der Waals surface area contributed by atoms with Crippen LogP contribution in [0.5, 0.6) is 0 Å². The summed E-state index contributed by atoms with van der Waals surface area (Å²) < 4.78 is 0. The van der Waals surface area contributed by atoms with Gasteiger partial charge >= 0.3 is 0 Å². The van der Waals surface area contributed by atoms with E-state index in [4.69, 9.17) is 11.6 Å². The Bertz CT molecular complexity index is 357. The van der Waals surface area contributed by atoms with E-state index in [2.05, 4.69) is 6.08 Å². The summed E-state index contributed by atoms with van der Waals surface area (Å²) in [6.07, 6.45) is 4.83. The zero-order valence-electron chi connectivity index (χ0n) is 7.91. The van der Waals surface area contributed by atoms with E-state index in [1.165, 1.54) is 0 Å². The predicted molar refractivity (Wildman–Crippen MR) is 58.3 cm³/mol. The summed E-state index contributed by atoms with van der Waals surface area (Å²) in [5, 5.41) is 10.7. The highest BCUT2D eigenvalue weighted by molar-refractivity contribution is 6.31. The average Bonchev–Trinajstić information content (AvgIpc) is 2.70. The van der Waals surface area contributed by atoms with Gasteiger partial charge in [0.15, 0.2) is 0 Å². The van der Waals surface area contributed by atoms with Crippen LogP contribution in [0.3, 0.4) is 0 Å². The van der Waals surface area contributed by atoms with E-state index < -0.39 is 6.10 Å². The second-order valence-corrected chi connectivity index (χ2v) is 4.00. The van der Waals surface area contributed by atoms with Crippen LogP contribution in [0.25, 0.3) is 0 Å². The van der Waals surface area contributed by atoms with E-state index >= 15 is 0 Å². The molecular formula is C12H13ClO. The first kappa shape index (κ1) is 9.75. The van der Waals surface area contributed by atoms with Crippen LogP contribution in [-0.4, -0.2) is 5.11 Å².